The third-order valence-corrected chi connectivity index (χ3v) is 8.45. The van der Waals surface area contributed by atoms with Crippen LogP contribution in [0.2, 0.25) is 0 Å². The summed E-state index contributed by atoms with van der Waals surface area (Å²) in [5.74, 6) is -1.46. The third kappa shape index (κ3) is 6.04. The van der Waals surface area contributed by atoms with Crippen LogP contribution in [-0.4, -0.2) is 43.7 Å². The van der Waals surface area contributed by atoms with Gasteiger partial charge in [-0.15, -0.1) is 0 Å². The second kappa shape index (κ2) is 10.7. The number of amides is 2. The first-order chi connectivity index (χ1) is 16.0. The van der Waals surface area contributed by atoms with Crippen LogP contribution in [0, 0.1) is 34.6 Å². The zero-order valence-corrected chi connectivity index (χ0v) is 21.5. The summed E-state index contributed by atoms with van der Waals surface area (Å²) in [6, 6.07) is 9.16. The van der Waals surface area contributed by atoms with Gasteiger partial charge in [0, 0.05) is 24.8 Å². The van der Waals surface area contributed by atoms with E-state index >= 15 is 0 Å². The molecule has 8 heteroatoms. The average molecular weight is 486 g/mol. The maximum absolute atomic E-state index is 13.6. The molecule has 3 rings (SSSR count). The van der Waals surface area contributed by atoms with Gasteiger partial charge in [0.2, 0.25) is 10.0 Å². The van der Waals surface area contributed by atoms with Gasteiger partial charge in [-0.1, -0.05) is 30.2 Å². The molecule has 0 spiro atoms. The van der Waals surface area contributed by atoms with E-state index in [1.54, 1.807) is 16.4 Å². The molecule has 0 aliphatic carbocycles. The van der Waals surface area contributed by atoms with E-state index in [4.69, 9.17) is 0 Å². The van der Waals surface area contributed by atoms with Gasteiger partial charge in [0.25, 0.3) is 0 Å². The molecule has 2 amide bonds. The zero-order valence-electron chi connectivity index (χ0n) is 20.7. The van der Waals surface area contributed by atoms with Crippen LogP contribution in [-0.2, 0) is 19.6 Å². The number of hydrogen-bond donors (Lipinski definition) is 2. The summed E-state index contributed by atoms with van der Waals surface area (Å²) in [5.41, 5.74) is 5.09. The number of sulfonamides is 1. The smallest absolute Gasteiger partial charge is 0.313 e. The fraction of sp³-hybridized carbons (Fsp3) is 0.462. The van der Waals surface area contributed by atoms with Gasteiger partial charge < -0.3 is 10.6 Å². The van der Waals surface area contributed by atoms with Crippen LogP contribution >= 0.6 is 0 Å². The van der Waals surface area contributed by atoms with E-state index in [-0.39, 0.29) is 12.6 Å². The van der Waals surface area contributed by atoms with Crippen molar-refractivity contribution in [3.63, 3.8) is 0 Å². The van der Waals surface area contributed by atoms with E-state index in [2.05, 4.69) is 10.6 Å². The van der Waals surface area contributed by atoms with E-state index in [1.807, 2.05) is 52.8 Å². The van der Waals surface area contributed by atoms with Crippen molar-refractivity contribution in [2.45, 2.75) is 71.2 Å². The topological polar surface area (TPSA) is 95.6 Å². The Morgan fingerprint density at radius 2 is 1.47 bits per heavy atom. The largest absolute Gasteiger partial charge is 0.348 e. The first-order valence-electron chi connectivity index (χ1n) is 11.8. The maximum Gasteiger partial charge on any atom is 0.313 e. The molecule has 1 aliphatic rings. The molecule has 0 saturated carbocycles. The second-order valence-electron chi connectivity index (χ2n) is 9.37. The molecule has 1 heterocycles. The maximum atomic E-state index is 13.6. The molecule has 2 aromatic rings. The Balaban J connectivity index is 1.64. The molecule has 1 fully saturated rings. The zero-order chi connectivity index (χ0) is 25.0. The summed E-state index contributed by atoms with van der Waals surface area (Å²) in [5, 5.41) is 5.27. The molecule has 7 nitrogen and oxygen atoms in total. The number of nitrogens with one attached hydrogen (secondary N) is 2. The number of nitrogens with zero attached hydrogens (tertiary/aromatic N) is 1. The van der Waals surface area contributed by atoms with E-state index < -0.39 is 21.8 Å². The number of carbonyl (C=O) groups excluding carboxylic acids is 2. The number of aryl methyl sites for hydroxylation is 5. The Labute approximate surface area is 203 Å². The predicted molar refractivity (Wildman–Crippen MR) is 134 cm³/mol. The molecule has 1 aliphatic heterocycles. The van der Waals surface area contributed by atoms with Crippen LogP contribution in [0.25, 0.3) is 0 Å². The van der Waals surface area contributed by atoms with Crippen molar-refractivity contribution < 1.29 is 18.0 Å². The number of carbonyl (C=O) groups is 2. The van der Waals surface area contributed by atoms with Gasteiger partial charge in [-0.3, -0.25) is 9.59 Å². The highest BCUT2D eigenvalue weighted by molar-refractivity contribution is 7.89. The van der Waals surface area contributed by atoms with Gasteiger partial charge in [-0.25, -0.2) is 8.42 Å². The average Bonchev–Trinajstić information content (AvgIpc) is 2.72. The Morgan fingerprint density at radius 3 is 2.09 bits per heavy atom. The minimum atomic E-state index is -3.66. The fourth-order valence-corrected chi connectivity index (χ4v) is 7.08. The van der Waals surface area contributed by atoms with Gasteiger partial charge >= 0.3 is 11.8 Å². The first-order valence-corrected chi connectivity index (χ1v) is 13.2. The summed E-state index contributed by atoms with van der Waals surface area (Å²) < 4.78 is 28.8. The summed E-state index contributed by atoms with van der Waals surface area (Å²) in [6.45, 7) is 10.2. The molecule has 2 aromatic carbocycles. The highest BCUT2D eigenvalue weighted by atomic mass is 32.2. The standard InChI is InChI=1S/C26H35N3O4S/c1-17-12-18(2)16-22(15-17)28-26(31)25(30)27-10-9-23-8-6-7-11-29(23)34(32,33)24-20(4)13-19(3)14-21(24)5/h12-16,23H,6-11H2,1-5H3,(H,27,30)(H,28,31)/t23-/m0/s1. The molecule has 0 radical (unpaired) electrons. The van der Waals surface area contributed by atoms with Crippen LogP contribution in [0.3, 0.4) is 0 Å². The molecule has 1 saturated heterocycles. The lowest BCUT2D eigenvalue weighted by Gasteiger charge is -2.35. The predicted octanol–water partition coefficient (Wildman–Crippen LogP) is 3.92. The summed E-state index contributed by atoms with van der Waals surface area (Å²) in [4.78, 5) is 25.0. The lowest BCUT2D eigenvalue weighted by molar-refractivity contribution is -0.136. The van der Waals surface area contributed by atoms with Crippen LogP contribution in [0.5, 0.6) is 0 Å². The van der Waals surface area contributed by atoms with Crippen molar-refractivity contribution in [1.82, 2.24) is 9.62 Å². The lowest BCUT2D eigenvalue weighted by atomic mass is 10.0. The third-order valence-electron chi connectivity index (χ3n) is 6.19. The van der Waals surface area contributed by atoms with E-state index in [1.165, 1.54) is 0 Å². The Morgan fingerprint density at radius 1 is 0.882 bits per heavy atom. The van der Waals surface area contributed by atoms with E-state index in [0.717, 1.165) is 47.1 Å². The molecule has 0 bridgehead atoms. The summed E-state index contributed by atoms with van der Waals surface area (Å²) in [6.07, 6.45) is 2.92. The van der Waals surface area contributed by atoms with Crippen LogP contribution in [0.15, 0.2) is 35.2 Å². The van der Waals surface area contributed by atoms with E-state index in [0.29, 0.717) is 23.5 Å². The second-order valence-corrected chi connectivity index (χ2v) is 11.2. The Hall–Kier alpha value is -2.71. The molecule has 34 heavy (non-hydrogen) atoms. The lowest BCUT2D eigenvalue weighted by Crippen LogP contribution is -2.46. The van der Waals surface area contributed by atoms with Gasteiger partial charge in [0.05, 0.1) is 4.90 Å². The van der Waals surface area contributed by atoms with Gasteiger partial charge in [-0.2, -0.15) is 4.31 Å². The Bertz CT molecular complexity index is 1150. The molecule has 1 atom stereocenters. The first kappa shape index (κ1) is 25.9. The molecule has 2 N–H and O–H groups in total. The van der Waals surface area contributed by atoms with Crippen LogP contribution in [0.1, 0.15) is 53.5 Å². The number of benzene rings is 2. The summed E-state index contributed by atoms with van der Waals surface area (Å²) in [7, 11) is -3.66. The van der Waals surface area contributed by atoms with Crippen LogP contribution in [0.4, 0.5) is 5.69 Å². The molecular weight excluding hydrogens is 450 g/mol. The monoisotopic (exact) mass is 485 g/mol. The number of anilines is 1. The van der Waals surface area contributed by atoms with E-state index in [9.17, 15) is 18.0 Å². The van der Waals surface area contributed by atoms with Gasteiger partial charge in [0.1, 0.15) is 0 Å². The highest BCUT2D eigenvalue weighted by Crippen LogP contribution is 2.31. The fourth-order valence-electron chi connectivity index (χ4n) is 4.94. The van der Waals surface area contributed by atoms with Crippen molar-refractivity contribution in [3.8, 4) is 0 Å². The Kier molecular flexibility index (Phi) is 8.15. The highest BCUT2D eigenvalue weighted by Gasteiger charge is 2.35. The quantitative estimate of drug-likeness (QED) is 0.607. The number of rotatable bonds is 6. The molecular formula is C26H35N3O4S. The minimum absolute atomic E-state index is 0.221. The van der Waals surface area contributed by atoms with Crippen molar-refractivity contribution in [3.05, 3.63) is 58.1 Å². The van der Waals surface area contributed by atoms with Gasteiger partial charge in [-0.05, 0) is 88.3 Å². The van der Waals surface area contributed by atoms with Crippen molar-refractivity contribution in [2.75, 3.05) is 18.4 Å². The normalized spacial score (nSPS) is 16.8. The van der Waals surface area contributed by atoms with Crippen molar-refractivity contribution >= 4 is 27.5 Å². The van der Waals surface area contributed by atoms with Gasteiger partial charge in [0.15, 0.2) is 0 Å². The van der Waals surface area contributed by atoms with Crippen molar-refractivity contribution in [2.24, 2.45) is 0 Å². The SMILES string of the molecule is Cc1cc(C)cc(NC(=O)C(=O)NCC[C@@H]2CCCCN2S(=O)(=O)c2c(C)cc(C)cc2C)c1. The number of hydrogen-bond acceptors (Lipinski definition) is 4. The van der Waals surface area contributed by atoms with Crippen molar-refractivity contribution in [1.29, 1.82) is 0 Å². The molecule has 184 valence electrons. The molecule has 0 aromatic heterocycles. The summed E-state index contributed by atoms with van der Waals surface area (Å²) >= 11 is 0. The molecule has 0 unspecified atom stereocenters. The van der Waals surface area contributed by atoms with Crippen LogP contribution < -0.4 is 10.6 Å². The number of piperidine rings is 1. The minimum Gasteiger partial charge on any atom is -0.348 e.